The fourth-order valence-corrected chi connectivity index (χ4v) is 8.13. The number of carbonyl (C=O) groups excluding carboxylic acids is 2. The Hall–Kier alpha value is -1.90. The molecule has 0 heterocycles. The van der Waals surface area contributed by atoms with Crippen molar-refractivity contribution >= 4 is 23.6 Å². The minimum absolute atomic E-state index is 0.491. The Kier molecular flexibility index (Phi) is 23.5. The normalized spacial score (nSPS) is 19.7. The average molecular weight is 665 g/mol. The number of nitrogens with zero attached hydrogens (tertiary/aromatic N) is 4. The number of unbranched alkanes of at least 4 members (excludes halogenated alkanes) is 6. The zero-order valence-electron chi connectivity index (χ0n) is 31.0. The number of Topliss-reactive ketones (excluding diaryl/α,β-unsaturated/α-hetero) is 2. The molecule has 4 saturated carbocycles. The maximum absolute atomic E-state index is 12.0. The van der Waals surface area contributed by atoms with Crippen LogP contribution in [-0.4, -0.2) is 48.8 Å². The van der Waals surface area contributed by atoms with E-state index in [9.17, 15) is 9.59 Å². The molecule has 0 radical (unpaired) electrons. The Morgan fingerprint density at radius 1 is 0.417 bits per heavy atom. The van der Waals surface area contributed by atoms with Crippen molar-refractivity contribution in [1.29, 1.82) is 0 Å². The second-order valence-electron chi connectivity index (χ2n) is 15.6. The molecule has 0 aromatic rings. The van der Waals surface area contributed by atoms with Crippen LogP contribution in [0.15, 0.2) is 20.0 Å². The van der Waals surface area contributed by atoms with E-state index in [1.165, 1.54) is 135 Å². The van der Waals surface area contributed by atoms with Crippen molar-refractivity contribution < 1.29 is 9.59 Å². The van der Waals surface area contributed by atoms with Gasteiger partial charge in [0.05, 0.1) is 24.1 Å². The summed E-state index contributed by atoms with van der Waals surface area (Å²) in [5.74, 6) is 2.37. The summed E-state index contributed by atoms with van der Waals surface area (Å²) in [7, 11) is 0. The number of ketones is 2. The molecule has 0 amide bonds. The van der Waals surface area contributed by atoms with Gasteiger partial charge in [-0.1, -0.05) is 122 Å². The van der Waals surface area contributed by atoms with Gasteiger partial charge < -0.3 is 0 Å². The SMILES string of the molecule is C(=NCCCCCN=C=NC1CCCCC1)=NC1CCCCC1.O=C(CCCCCCCC(=O)CC1CCCCC1)CC1CCCCC1. The highest BCUT2D eigenvalue weighted by atomic mass is 16.1. The summed E-state index contributed by atoms with van der Waals surface area (Å²) in [6.45, 7) is 1.69. The van der Waals surface area contributed by atoms with Gasteiger partial charge in [-0.25, -0.2) is 20.0 Å². The van der Waals surface area contributed by atoms with Crippen molar-refractivity contribution in [3.05, 3.63) is 0 Å². The topological polar surface area (TPSA) is 83.6 Å². The summed E-state index contributed by atoms with van der Waals surface area (Å²) in [5.41, 5.74) is 0. The van der Waals surface area contributed by atoms with Crippen LogP contribution in [-0.2, 0) is 9.59 Å². The third kappa shape index (κ3) is 21.2. The summed E-state index contributed by atoms with van der Waals surface area (Å²) >= 11 is 0. The maximum atomic E-state index is 12.0. The third-order valence-corrected chi connectivity index (χ3v) is 11.2. The molecule has 0 atom stereocenters. The fraction of sp³-hybridized carbons (Fsp3) is 0.905. The van der Waals surface area contributed by atoms with Gasteiger partial charge in [-0.3, -0.25) is 9.59 Å². The van der Waals surface area contributed by atoms with Crippen LogP contribution >= 0.6 is 0 Å². The predicted octanol–water partition coefficient (Wildman–Crippen LogP) is 12.0. The number of hydrogen-bond acceptors (Lipinski definition) is 6. The van der Waals surface area contributed by atoms with Crippen LogP contribution in [0.1, 0.15) is 205 Å². The van der Waals surface area contributed by atoms with E-state index in [0.29, 0.717) is 35.5 Å². The first-order valence-corrected chi connectivity index (χ1v) is 20.9. The molecule has 272 valence electrons. The zero-order chi connectivity index (χ0) is 33.7. The fourth-order valence-electron chi connectivity index (χ4n) is 8.13. The van der Waals surface area contributed by atoms with Gasteiger partial charge in [0.15, 0.2) is 0 Å². The van der Waals surface area contributed by atoms with Crippen LogP contribution in [0.3, 0.4) is 0 Å². The Labute approximate surface area is 295 Å². The zero-order valence-corrected chi connectivity index (χ0v) is 31.0. The quantitative estimate of drug-likeness (QED) is 0.0958. The molecule has 6 heteroatoms. The summed E-state index contributed by atoms with van der Waals surface area (Å²) in [5, 5.41) is 0. The van der Waals surface area contributed by atoms with Crippen molar-refractivity contribution in [3.63, 3.8) is 0 Å². The average Bonchev–Trinajstić information content (AvgIpc) is 3.12. The minimum Gasteiger partial charge on any atom is -0.300 e. The van der Waals surface area contributed by atoms with Crippen molar-refractivity contribution in [2.75, 3.05) is 13.1 Å². The third-order valence-electron chi connectivity index (χ3n) is 11.2. The van der Waals surface area contributed by atoms with Gasteiger partial charge in [0.2, 0.25) is 0 Å². The number of rotatable bonds is 20. The lowest BCUT2D eigenvalue weighted by atomic mass is 9.85. The highest BCUT2D eigenvalue weighted by molar-refractivity contribution is 5.79. The van der Waals surface area contributed by atoms with E-state index in [1.54, 1.807) is 0 Å². The van der Waals surface area contributed by atoms with Crippen molar-refractivity contribution in [1.82, 2.24) is 0 Å². The second kappa shape index (κ2) is 27.9. The van der Waals surface area contributed by atoms with Gasteiger partial charge in [0.1, 0.15) is 11.6 Å². The molecule has 0 N–H and O–H groups in total. The Morgan fingerprint density at radius 2 is 0.750 bits per heavy atom. The van der Waals surface area contributed by atoms with E-state index in [4.69, 9.17) is 0 Å². The standard InChI is InChI=1S/C23H40O2.C19H32N4/c24-22(18-20-12-6-4-7-13-20)16-10-2-1-3-11-17-23(25)19-21-14-8-5-9-15-21;1-4-10-18(11-5-1)22-16-20-14-8-3-9-15-21-17-23-19-12-6-2-7-13-19/h20-21H,1-19H2;18-19H,1-15H2. The lowest BCUT2D eigenvalue weighted by Gasteiger charge is -2.20. The van der Waals surface area contributed by atoms with Crippen LogP contribution in [0, 0.1) is 11.8 Å². The monoisotopic (exact) mass is 665 g/mol. The van der Waals surface area contributed by atoms with Crippen molar-refractivity contribution in [3.8, 4) is 0 Å². The largest absolute Gasteiger partial charge is 0.300 e. The molecular formula is C42H72N4O2. The van der Waals surface area contributed by atoms with E-state index in [-0.39, 0.29) is 0 Å². The van der Waals surface area contributed by atoms with Crippen LogP contribution < -0.4 is 0 Å². The van der Waals surface area contributed by atoms with E-state index in [0.717, 1.165) is 83.7 Å². The molecule has 48 heavy (non-hydrogen) atoms. The molecule has 6 nitrogen and oxygen atoms in total. The van der Waals surface area contributed by atoms with Crippen LogP contribution in [0.4, 0.5) is 0 Å². The smallest absolute Gasteiger partial charge is 0.133 e. The van der Waals surface area contributed by atoms with Crippen molar-refractivity contribution in [2.45, 2.75) is 218 Å². The predicted molar refractivity (Wildman–Crippen MR) is 202 cm³/mol. The van der Waals surface area contributed by atoms with Crippen LogP contribution in [0.2, 0.25) is 0 Å². The molecule has 0 aromatic heterocycles. The highest BCUT2D eigenvalue weighted by Crippen LogP contribution is 2.28. The van der Waals surface area contributed by atoms with Gasteiger partial charge in [-0.15, -0.1) is 0 Å². The van der Waals surface area contributed by atoms with Gasteiger partial charge in [0.25, 0.3) is 0 Å². The molecule has 4 rings (SSSR count). The number of aliphatic imine (C=N–C) groups is 4. The molecule has 0 saturated heterocycles. The summed E-state index contributed by atoms with van der Waals surface area (Å²) < 4.78 is 0. The number of carbonyl (C=O) groups is 2. The Bertz CT molecular complexity index is 880. The molecule has 0 unspecified atom stereocenters. The molecule has 4 aliphatic carbocycles. The van der Waals surface area contributed by atoms with Gasteiger partial charge in [-0.2, -0.15) is 0 Å². The first kappa shape index (κ1) is 40.5. The van der Waals surface area contributed by atoms with Gasteiger partial charge in [-0.05, 0) is 69.6 Å². The first-order valence-electron chi connectivity index (χ1n) is 20.9. The lowest BCUT2D eigenvalue weighted by molar-refractivity contribution is -0.121. The summed E-state index contributed by atoms with van der Waals surface area (Å²) in [6, 6.07) is 6.79. The number of hydrogen-bond donors (Lipinski definition) is 0. The summed E-state index contributed by atoms with van der Waals surface area (Å²) in [6.07, 6.45) is 38.3. The van der Waals surface area contributed by atoms with Crippen LogP contribution in [0.5, 0.6) is 0 Å². The molecule has 0 aromatic carbocycles. The Morgan fingerprint density at radius 3 is 1.15 bits per heavy atom. The van der Waals surface area contributed by atoms with Gasteiger partial charge >= 0.3 is 0 Å². The summed E-state index contributed by atoms with van der Waals surface area (Å²) in [4.78, 5) is 41.5. The van der Waals surface area contributed by atoms with E-state index < -0.39 is 0 Å². The van der Waals surface area contributed by atoms with E-state index in [2.05, 4.69) is 32.0 Å². The molecular weight excluding hydrogens is 592 g/mol. The highest BCUT2D eigenvalue weighted by Gasteiger charge is 2.18. The van der Waals surface area contributed by atoms with E-state index >= 15 is 0 Å². The molecule has 0 spiro atoms. The van der Waals surface area contributed by atoms with Gasteiger partial charge in [0, 0.05) is 38.8 Å². The first-order chi connectivity index (χ1) is 23.7. The maximum Gasteiger partial charge on any atom is 0.133 e. The lowest BCUT2D eigenvalue weighted by Crippen LogP contribution is -2.12. The van der Waals surface area contributed by atoms with Crippen LogP contribution in [0.25, 0.3) is 0 Å². The molecule has 4 fully saturated rings. The second-order valence-corrected chi connectivity index (χ2v) is 15.6. The Balaban J connectivity index is 0.000000261. The molecule has 0 bridgehead atoms. The van der Waals surface area contributed by atoms with Crippen molar-refractivity contribution in [2.24, 2.45) is 31.8 Å². The molecule has 4 aliphatic rings. The molecule has 0 aliphatic heterocycles. The van der Waals surface area contributed by atoms with E-state index in [1.807, 2.05) is 0 Å². The minimum atomic E-state index is 0.491.